The van der Waals surface area contributed by atoms with E-state index in [2.05, 4.69) is 46.9 Å². The summed E-state index contributed by atoms with van der Waals surface area (Å²) in [5.41, 5.74) is 2.70. The molecule has 38 heavy (non-hydrogen) atoms. The van der Waals surface area contributed by atoms with Crippen LogP contribution in [-0.2, 0) is 19.5 Å². The molecule has 3 aromatic heterocycles. The van der Waals surface area contributed by atoms with Gasteiger partial charge in [0.1, 0.15) is 11.6 Å². The van der Waals surface area contributed by atoms with E-state index in [9.17, 15) is 22.4 Å². The Hall–Kier alpha value is -4.07. The van der Waals surface area contributed by atoms with Gasteiger partial charge in [-0.05, 0) is 49.6 Å². The average Bonchev–Trinajstić information content (AvgIpc) is 3.46. The normalized spacial score (nSPS) is 14.0. The van der Waals surface area contributed by atoms with Gasteiger partial charge >= 0.3 is 6.36 Å². The lowest BCUT2D eigenvalue weighted by Gasteiger charge is -2.25. The molecule has 0 saturated carbocycles. The highest BCUT2D eigenvalue weighted by Crippen LogP contribution is 2.25. The first kappa shape index (κ1) is 25.6. The zero-order valence-corrected chi connectivity index (χ0v) is 20.1. The molecular weight excluding hydrogens is 508 g/mol. The van der Waals surface area contributed by atoms with Crippen molar-refractivity contribution in [1.29, 1.82) is 0 Å². The highest BCUT2D eigenvalue weighted by molar-refractivity contribution is 5.91. The Kier molecular flexibility index (Phi) is 7.22. The molecule has 1 saturated heterocycles. The van der Waals surface area contributed by atoms with Crippen molar-refractivity contribution < 1.29 is 27.1 Å². The standard InChI is InChI=1S/C24H24F4N8O2/c25-19-5-4-18(38-24(26,27)28)8-15(19)12-30-23(37)21-13-36(35-33-21)6-2-1-3-17-7-14-9-20(16-10-29-11-16)31-22(14)34-32-17/h4-5,7-9,13,16,29H,1-3,6,10-12H2,(H,30,37)(H,31,34). The lowest BCUT2D eigenvalue weighted by atomic mass is 9.99. The maximum Gasteiger partial charge on any atom is 0.573 e. The number of rotatable bonds is 10. The molecule has 0 radical (unpaired) electrons. The molecule has 10 nitrogen and oxygen atoms in total. The third kappa shape index (κ3) is 6.25. The van der Waals surface area contributed by atoms with Gasteiger partial charge in [0.15, 0.2) is 11.3 Å². The van der Waals surface area contributed by atoms with E-state index in [1.54, 1.807) is 0 Å². The number of aromatic amines is 1. The summed E-state index contributed by atoms with van der Waals surface area (Å²) in [4.78, 5) is 15.7. The van der Waals surface area contributed by atoms with E-state index < -0.39 is 23.8 Å². The van der Waals surface area contributed by atoms with Gasteiger partial charge in [-0.3, -0.25) is 9.48 Å². The number of H-pyrrole nitrogens is 1. The van der Waals surface area contributed by atoms with E-state index in [4.69, 9.17) is 0 Å². The Labute approximate surface area is 213 Å². The Morgan fingerprint density at radius 2 is 1.97 bits per heavy atom. The van der Waals surface area contributed by atoms with Gasteiger partial charge < -0.3 is 20.4 Å². The lowest BCUT2D eigenvalue weighted by Crippen LogP contribution is -2.40. The Morgan fingerprint density at radius 3 is 2.74 bits per heavy atom. The van der Waals surface area contributed by atoms with Crippen LogP contribution in [0.15, 0.2) is 36.5 Å². The van der Waals surface area contributed by atoms with Crippen LogP contribution in [-0.4, -0.2) is 55.5 Å². The molecule has 1 aliphatic rings. The van der Waals surface area contributed by atoms with Crippen LogP contribution in [0.4, 0.5) is 17.6 Å². The number of carbonyl (C=O) groups is 1. The fourth-order valence-corrected chi connectivity index (χ4v) is 4.09. The molecule has 0 atom stereocenters. The predicted molar refractivity (Wildman–Crippen MR) is 127 cm³/mol. The summed E-state index contributed by atoms with van der Waals surface area (Å²) in [6.07, 6.45) is -1.14. The van der Waals surface area contributed by atoms with Crippen LogP contribution in [0.25, 0.3) is 11.0 Å². The molecule has 14 heteroatoms. The Morgan fingerprint density at radius 1 is 1.13 bits per heavy atom. The number of halogens is 4. The van der Waals surface area contributed by atoms with E-state index >= 15 is 0 Å². The molecule has 3 N–H and O–H groups in total. The van der Waals surface area contributed by atoms with Gasteiger partial charge in [-0.25, -0.2) is 4.39 Å². The summed E-state index contributed by atoms with van der Waals surface area (Å²) in [7, 11) is 0. The molecule has 1 amide bonds. The number of carbonyl (C=O) groups excluding carboxylic acids is 1. The molecule has 0 spiro atoms. The third-order valence-corrected chi connectivity index (χ3v) is 6.20. The fourth-order valence-electron chi connectivity index (χ4n) is 4.09. The SMILES string of the molecule is O=C(NCc1cc(OC(F)(F)F)ccc1F)c1cn(CCCCc2cc3cc(C4CNC4)[nH]c3nn2)nn1. The molecule has 0 unspecified atom stereocenters. The summed E-state index contributed by atoms with van der Waals surface area (Å²) in [6.45, 7) is 2.10. The third-order valence-electron chi connectivity index (χ3n) is 6.20. The van der Waals surface area contributed by atoms with Crippen LogP contribution in [0.2, 0.25) is 0 Å². The lowest BCUT2D eigenvalue weighted by molar-refractivity contribution is -0.274. The smallest absolute Gasteiger partial charge is 0.406 e. The zero-order chi connectivity index (χ0) is 26.7. The number of unbranched alkanes of at least 4 members (excludes halogenated alkanes) is 1. The van der Waals surface area contributed by atoms with E-state index in [0.29, 0.717) is 12.5 Å². The number of fused-ring (bicyclic) bond motifs is 1. The summed E-state index contributed by atoms with van der Waals surface area (Å²) in [5, 5.41) is 23.1. The van der Waals surface area contributed by atoms with Crippen LogP contribution >= 0.6 is 0 Å². The number of ether oxygens (including phenoxy) is 1. The van der Waals surface area contributed by atoms with E-state index in [-0.39, 0.29) is 17.8 Å². The number of benzene rings is 1. The number of amides is 1. The fraction of sp³-hybridized carbons (Fsp3) is 0.375. The number of alkyl halides is 3. The quantitative estimate of drug-likeness (QED) is 0.212. The molecule has 5 rings (SSSR count). The van der Waals surface area contributed by atoms with Gasteiger partial charge in [0.25, 0.3) is 5.91 Å². The van der Waals surface area contributed by atoms with Gasteiger partial charge in [0, 0.05) is 48.7 Å². The number of nitrogens with one attached hydrogen (secondary N) is 3. The summed E-state index contributed by atoms with van der Waals surface area (Å²) in [5.74, 6) is -1.50. The highest BCUT2D eigenvalue weighted by Gasteiger charge is 2.31. The Bertz CT molecular complexity index is 1430. The average molecular weight is 533 g/mol. The highest BCUT2D eigenvalue weighted by atomic mass is 19.4. The van der Waals surface area contributed by atoms with Crippen LogP contribution < -0.4 is 15.4 Å². The van der Waals surface area contributed by atoms with Crippen molar-refractivity contribution in [3.8, 4) is 5.75 Å². The molecule has 1 fully saturated rings. The van der Waals surface area contributed by atoms with Crippen molar-refractivity contribution in [2.75, 3.05) is 13.1 Å². The van der Waals surface area contributed by atoms with E-state index in [1.165, 1.54) is 16.6 Å². The molecule has 4 heterocycles. The summed E-state index contributed by atoms with van der Waals surface area (Å²) in [6, 6.07) is 6.74. The van der Waals surface area contributed by atoms with Gasteiger partial charge in [-0.15, -0.1) is 23.4 Å². The van der Waals surface area contributed by atoms with Gasteiger partial charge in [-0.2, -0.15) is 5.10 Å². The summed E-state index contributed by atoms with van der Waals surface area (Å²) < 4.78 is 56.4. The van der Waals surface area contributed by atoms with Crippen molar-refractivity contribution in [1.82, 2.24) is 40.8 Å². The second-order valence-electron chi connectivity index (χ2n) is 9.03. The van der Waals surface area contributed by atoms with Crippen molar-refractivity contribution in [2.45, 2.75) is 44.6 Å². The van der Waals surface area contributed by atoms with Crippen molar-refractivity contribution in [2.24, 2.45) is 0 Å². The molecule has 0 bridgehead atoms. The second-order valence-corrected chi connectivity index (χ2v) is 9.03. The first-order valence-corrected chi connectivity index (χ1v) is 12.0. The monoisotopic (exact) mass is 532 g/mol. The molecule has 1 aromatic carbocycles. The molecule has 200 valence electrons. The Balaban J connectivity index is 1.08. The minimum atomic E-state index is -4.91. The van der Waals surface area contributed by atoms with Crippen LogP contribution in [0.1, 0.15) is 46.2 Å². The number of aryl methyl sites for hydroxylation is 2. The number of hydrogen-bond acceptors (Lipinski definition) is 7. The minimum Gasteiger partial charge on any atom is -0.406 e. The maximum absolute atomic E-state index is 13.9. The number of hydrogen-bond donors (Lipinski definition) is 3. The predicted octanol–water partition coefficient (Wildman–Crippen LogP) is 3.23. The van der Waals surface area contributed by atoms with Crippen LogP contribution in [0, 0.1) is 5.82 Å². The van der Waals surface area contributed by atoms with Crippen LogP contribution in [0.3, 0.4) is 0 Å². The molecular formula is C24H24F4N8O2. The zero-order valence-electron chi connectivity index (χ0n) is 20.1. The number of aromatic nitrogens is 6. The minimum absolute atomic E-state index is 0.00865. The number of nitrogens with zero attached hydrogens (tertiary/aromatic N) is 5. The molecule has 4 aromatic rings. The van der Waals surface area contributed by atoms with Gasteiger partial charge in [0.05, 0.1) is 11.9 Å². The van der Waals surface area contributed by atoms with Gasteiger partial charge in [-0.1, -0.05) is 5.21 Å². The van der Waals surface area contributed by atoms with E-state index in [0.717, 1.165) is 67.3 Å². The summed E-state index contributed by atoms with van der Waals surface area (Å²) >= 11 is 0. The van der Waals surface area contributed by atoms with Crippen molar-refractivity contribution in [3.05, 3.63) is 65.0 Å². The van der Waals surface area contributed by atoms with Crippen molar-refractivity contribution >= 4 is 16.9 Å². The van der Waals surface area contributed by atoms with Crippen molar-refractivity contribution in [3.63, 3.8) is 0 Å². The van der Waals surface area contributed by atoms with E-state index in [1.807, 2.05) is 6.07 Å². The van der Waals surface area contributed by atoms with Gasteiger partial charge in [0.2, 0.25) is 0 Å². The second kappa shape index (κ2) is 10.7. The molecule has 1 aliphatic heterocycles. The largest absolute Gasteiger partial charge is 0.573 e. The first-order valence-electron chi connectivity index (χ1n) is 12.0. The molecule has 0 aliphatic carbocycles. The first-order chi connectivity index (χ1) is 18.2. The topological polar surface area (TPSA) is 123 Å². The maximum atomic E-state index is 13.9. The van der Waals surface area contributed by atoms with Crippen LogP contribution in [0.5, 0.6) is 5.75 Å².